The molecule has 0 radical (unpaired) electrons. The van der Waals surface area contributed by atoms with E-state index >= 15 is 0 Å². The first kappa shape index (κ1) is 65.7. The SMILES string of the molecule is CC/C=C\C/C=C\C/C=C\CCCCCC(=O)OCC(COC1OC(C(=O)O)C(O)C(O)C1OC(=O)CCCCCCC/C=C\CCCCCCCC)OC(=O)CCCCCCCCCCCCCCC. The Hall–Kier alpha value is -3.32. The van der Waals surface area contributed by atoms with Crippen molar-refractivity contribution in [1.29, 1.82) is 0 Å². The summed E-state index contributed by atoms with van der Waals surface area (Å²) in [5.41, 5.74) is 0. The number of ether oxygens (including phenoxy) is 5. The Morgan fingerprint density at radius 2 is 0.887 bits per heavy atom. The number of aliphatic hydroxyl groups is 2. The summed E-state index contributed by atoms with van der Waals surface area (Å²) < 4.78 is 28.3. The summed E-state index contributed by atoms with van der Waals surface area (Å²) in [5, 5.41) is 31.4. The average Bonchev–Trinajstić information content (AvgIpc) is 3.35. The minimum Gasteiger partial charge on any atom is -0.479 e. The maximum absolute atomic E-state index is 13.1. The van der Waals surface area contributed by atoms with Crippen LogP contribution in [0.25, 0.3) is 0 Å². The second-order valence-electron chi connectivity index (χ2n) is 19.5. The minimum absolute atomic E-state index is 0.0493. The second-order valence-corrected chi connectivity index (χ2v) is 19.5. The molecule has 6 atom stereocenters. The van der Waals surface area contributed by atoms with Gasteiger partial charge >= 0.3 is 23.9 Å². The van der Waals surface area contributed by atoms with Gasteiger partial charge in [0.15, 0.2) is 24.6 Å². The first-order chi connectivity index (χ1) is 34.6. The molecule has 0 saturated carbocycles. The second kappa shape index (κ2) is 47.7. The number of esters is 3. The van der Waals surface area contributed by atoms with Gasteiger partial charge in [0.2, 0.25) is 0 Å². The number of carboxylic acids is 1. The third-order valence-corrected chi connectivity index (χ3v) is 12.9. The number of carbonyl (C=O) groups excluding carboxylic acids is 3. The van der Waals surface area contributed by atoms with Crippen LogP contribution >= 0.6 is 0 Å². The molecule has 1 fully saturated rings. The van der Waals surface area contributed by atoms with E-state index in [1.165, 1.54) is 96.3 Å². The first-order valence-corrected chi connectivity index (χ1v) is 28.6. The van der Waals surface area contributed by atoms with Crippen LogP contribution in [0.4, 0.5) is 0 Å². The fraction of sp³-hybridized carbons (Fsp3) is 0.797. The van der Waals surface area contributed by atoms with Crippen LogP contribution in [0.5, 0.6) is 0 Å². The molecular formula is C59H102O12. The van der Waals surface area contributed by atoms with Crippen LogP contribution in [-0.2, 0) is 42.9 Å². The van der Waals surface area contributed by atoms with Crippen LogP contribution in [-0.4, -0.2) is 89.2 Å². The summed E-state index contributed by atoms with van der Waals surface area (Å²) in [6, 6.07) is 0. The van der Waals surface area contributed by atoms with Gasteiger partial charge in [-0.05, 0) is 77.0 Å². The highest BCUT2D eigenvalue weighted by Crippen LogP contribution is 2.26. The monoisotopic (exact) mass is 1000 g/mol. The molecule has 0 aromatic rings. The van der Waals surface area contributed by atoms with Gasteiger partial charge in [-0.1, -0.05) is 204 Å². The van der Waals surface area contributed by atoms with E-state index in [9.17, 15) is 34.5 Å². The Morgan fingerprint density at radius 3 is 1.38 bits per heavy atom. The predicted molar refractivity (Wildman–Crippen MR) is 285 cm³/mol. The summed E-state index contributed by atoms with van der Waals surface area (Å²) in [4.78, 5) is 51.0. The zero-order valence-corrected chi connectivity index (χ0v) is 45.0. The lowest BCUT2D eigenvalue weighted by atomic mass is 9.98. The topological polar surface area (TPSA) is 175 Å². The molecule has 12 heteroatoms. The predicted octanol–water partition coefficient (Wildman–Crippen LogP) is 14.2. The van der Waals surface area contributed by atoms with E-state index in [0.29, 0.717) is 19.3 Å². The Bertz CT molecular complexity index is 1420. The first-order valence-electron chi connectivity index (χ1n) is 28.6. The molecule has 3 N–H and O–H groups in total. The molecule has 0 spiro atoms. The average molecular weight is 1000 g/mol. The quantitative estimate of drug-likeness (QED) is 0.0228. The molecule has 6 unspecified atom stereocenters. The zero-order valence-electron chi connectivity index (χ0n) is 45.0. The summed E-state index contributed by atoms with van der Waals surface area (Å²) in [6.45, 7) is 5.84. The van der Waals surface area contributed by atoms with E-state index in [2.05, 4.69) is 69.4 Å². The number of aliphatic carboxylic acids is 1. The molecule has 0 amide bonds. The van der Waals surface area contributed by atoms with Crippen molar-refractivity contribution in [3.8, 4) is 0 Å². The maximum atomic E-state index is 13.1. The van der Waals surface area contributed by atoms with E-state index in [1.54, 1.807) is 0 Å². The highest BCUT2D eigenvalue weighted by molar-refractivity contribution is 5.74. The van der Waals surface area contributed by atoms with Crippen molar-refractivity contribution in [1.82, 2.24) is 0 Å². The molecule has 1 aliphatic heterocycles. The number of hydrogen-bond acceptors (Lipinski definition) is 11. The van der Waals surface area contributed by atoms with Gasteiger partial charge in [0, 0.05) is 19.3 Å². The van der Waals surface area contributed by atoms with Crippen LogP contribution in [0.15, 0.2) is 48.6 Å². The van der Waals surface area contributed by atoms with Crippen LogP contribution in [0.2, 0.25) is 0 Å². The number of carboxylic acid groups (broad SMARTS) is 1. The lowest BCUT2D eigenvalue weighted by Gasteiger charge is -2.40. The molecule has 71 heavy (non-hydrogen) atoms. The molecule has 12 nitrogen and oxygen atoms in total. The molecule has 1 saturated heterocycles. The minimum atomic E-state index is -1.91. The van der Waals surface area contributed by atoms with Gasteiger partial charge in [-0.3, -0.25) is 14.4 Å². The van der Waals surface area contributed by atoms with Crippen molar-refractivity contribution >= 4 is 23.9 Å². The van der Waals surface area contributed by atoms with E-state index in [1.807, 2.05) is 0 Å². The number of allylic oxidation sites excluding steroid dienone is 8. The molecular weight excluding hydrogens is 901 g/mol. The van der Waals surface area contributed by atoms with Gasteiger partial charge in [0.1, 0.15) is 18.8 Å². The molecule has 1 rings (SSSR count). The van der Waals surface area contributed by atoms with Crippen molar-refractivity contribution in [2.24, 2.45) is 0 Å². The van der Waals surface area contributed by atoms with Gasteiger partial charge in [-0.15, -0.1) is 0 Å². The number of aliphatic hydroxyl groups excluding tert-OH is 2. The number of unbranched alkanes of at least 4 members (excludes halogenated alkanes) is 26. The summed E-state index contributed by atoms with van der Waals surface area (Å²) in [6.07, 6.45) is 43.7. The van der Waals surface area contributed by atoms with Crippen LogP contribution < -0.4 is 0 Å². The van der Waals surface area contributed by atoms with Gasteiger partial charge in [0.05, 0.1) is 6.61 Å². The third-order valence-electron chi connectivity index (χ3n) is 12.9. The summed E-state index contributed by atoms with van der Waals surface area (Å²) >= 11 is 0. The van der Waals surface area contributed by atoms with Gasteiger partial charge < -0.3 is 39.0 Å². The highest BCUT2D eigenvalue weighted by atomic mass is 16.7. The third kappa shape index (κ3) is 38.0. The number of rotatable bonds is 48. The largest absolute Gasteiger partial charge is 0.479 e. The van der Waals surface area contributed by atoms with Crippen molar-refractivity contribution in [3.63, 3.8) is 0 Å². The van der Waals surface area contributed by atoms with Gasteiger partial charge in [-0.2, -0.15) is 0 Å². The lowest BCUT2D eigenvalue weighted by molar-refractivity contribution is -0.301. The summed E-state index contributed by atoms with van der Waals surface area (Å²) in [7, 11) is 0. The Balaban J connectivity index is 2.72. The fourth-order valence-electron chi connectivity index (χ4n) is 8.49. The van der Waals surface area contributed by atoms with E-state index < -0.39 is 67.3 Å². The standard InChI is InChI=1S/C59H102O12/c1-4-7-10-13-16-19-22-25-26-29-32-35-38-41-44-47-53(62)70-57-55(64)54(63)56(58(65)66)71-59(57)68-49-50(69-52(61)46-43-40-37-34-31-28-24-21-18-15-12-9-6-3)48-67-51(60)45-42-39-36-33-30-27-23-20-17-14-11-8-5-2/h8,11,17,20,25-27,30,50,54-57,59,63-64H,4-7,9-10,12-16,18-19,21-24,28-29,31-49H2,1-3H3,(H,65,66)/b11-8-,20-17-,26-25-,30-27-. The van der Waals surface area contributed by atoms with Crippen LogP contribution in [0.1, 0.15) is 252 Å². The normalized spacial score (nSPS) is 18.8. The van der Waals surface area contributed by atoms with E-state index in [4.69, 9.17) is 23.7 Å². The van der Waals surface area contributed by atoms with E-state index in [0.717, 1.165) is 96.3 Å². The molecule has 0 aromatic heterocycles. The Kier molecular flexibility index (Phi) is 44.1. The molecule has 410 valence electrons. The van der Waals surface area contributed by atoms with E-state index in [-0.39, 0.29) is 25.9 Å². The number of hydrogen-bond donors (Lipinski definition) is 3. The van der Waals surface area contributed by atoms with Crippen molar-refractivity contribution < 1.29 is 58.2 Å². The van der Waals surface area contributed by atoms with Gasteiger partial charge in [-0.25, -0.2) is 4.79 Å². The molecule has 0 aromatic carbocycles. The molecule has 0 bridgehead atoms. The van der Waals surface area contributed by atoms with Crippen molar-refractivity contribution in [2.45, 2.75) is 289 Å². The Labute approximate surface area is 431 Å². The van der Waals surface area contributed by atoms with Crippen LogP contribution in [0, 0.1) is 0 Å². The molecule has 1 heterocycles. The smallest absolute Gasteiger partial charge is 0.335 e. The van der Waals surface area contributed by atoms with Crippen molar-refractivity contribution in [3.05, 3.63) is 48.6 Å². The summed E-state index contributed by atoms with van der Waals surface area (Å²) in [5.74, 6) is -3.15. The van der Waals surface area contributed by atoms with Gasteiger partial charge in [0.25, 0.3) is 0 Å². The fourth-order valence-corrected chi connectivity index (χ4v) is 8.49. The van der Waals surface area contributed by atoms with Crippen molar-refractivity contribution in [2.75, 3.05) is 13.2 Å². The molecule has 0 aliphatic carbocycles. The lowest BCUT2D eigenvalue weighted by Crippen LogP contribution is -2.61. The number of carbonyl (C=O) groups is 4. The zero-order chi connectivity index (χ0) is 51.8. The molecule has 1 aliphatic rings. The highest BCUT2D eigenvalue weighted by Gasteiger charge is 2.50. The van der Waals surface area contributed by atoms with Crippen LogP contribution in [0.3, 0.4) is 0 Å². The maximum Gasteiger partial charge on any atom is 0.335 e. The Morgan fingerprint density at radius 1 is 0.479 bits per heavy atom.